The highest BCUT2D eigenvalue weighted by molar-refractivity contribution is 7.99. The van der Waals surface area contributed by atoms with Crippen LogP contribution in [0.2, 0.25) is 0 Å². The minimum atomic E-state index is -0.303. The summed E-state index contributed by atoms with van der Waals surface area (Å²) in [6, 6.07) is 0. The topological polar surface area (TPSA) is 38.7 Å². The first-order valence-electron chi connectivity index (χ1n) is 7.38. The minimum Gasteiger partial charge on any atom is -0.390 e. The molecule has 0 aliphatic carbocycles. The van der Waals surface area contributed by atoms with Crippen LogP contribution in [0.25, 0.3) is 0 Å². The summed E-state index contributed by atoms with van der Waals surface area (Å²) in [6.45, 7) is 1.60. The number of hydrogen-bond acceptors (Lipinski definition) is 5. The molecule has 3 atom stereocenters. The molecule has 3 rings (SSSR count). The molecule has 19 heavy (non-hydrogen) atoms. The molecule has 3 aliphatic heterocycles. The molecule has 3 aliphatic rings. The highest BCUT2D eigenvalue weighted by Gasteiger charge is 2.42. The molecule has 0 radical (unpaired) electrons. The average molecular weight is 304 g/mol. The van der Waals surface area contributed by atoms with Gasteiger partial charge < -0.3 is 14.6 Å². The average Bonchev–Trinajstić information content (AvgIpc) is 2.48. The SMILES string of the molecule is OC(C1CCOC2(CCSCC2)C1)C1CSCCO1. The first kappa shape index (κ1) is 14.5. The summed E-state index contributed by atoms with van der Waals surface area (Å²) in [5.74, 6) is 4.79. The van der Waals surface area contributed by atoms with Gasteiger partial charge in [0.15, 0.2) is 0 Å². The first-order chi connectivity index (χ1) is 9.29. The quantitative estimate of drug-likeness (QED) is 0.846. The molecule has 0 saturated carbocycles. The molecule has 3 fully saturated rings. The van der Waals surface area contributed by atoms with Crippen molar-refractivity contribution in [2.24, 2.45) is 5.92 Å². The van der Waals surface area contributed by atoms with Gasteiger partial charge in [0.2, 0.25) is 0 Å². The van der Waals surface area contributed by atoms with Crippen molar-refractivity contribution in [1.82, 2.24) is 0 Å². The van der Waals surface area contributed by atoms with E-state index in [0.29, 0.717) is 5.92 Å². The summed E-state index contributed by atoms with van der Waals surface area (Å²) in [6.07, 6.45) is 4.06. The van der Waals surface area contributed by atoms with E-state index in [4.69, 9.17) is 9.47 Å². The summed E-state index contributed by atoms with van der Waals surface area (Å²) in [4.78, 5) is 0. The third-order valence-electron chi connectivity index (χ3n) is 4.64. The number of ether oxygens (including phenoxy) is 2. The fourth-order valence-electron chi connectivity index (χ4n) is 3.46. The molecule has 3 nitrogen and oxygen atoms in total. The van der Waals surface area contributed by atoms with Crippen LogP contribution in [0.3, 0.4) is 0 Å². The molecule has 0 aromatic heterocycles. The van der Waals surface area contributed by atoms with Gasteiger partial charge in [-0.25, -0.2) is 0 Å². The summed E-state index contributed by atoms with van der Waals surface area (Å²) in [5, 5.41) is 10.6. The van der Waals surface area contributed by atoms with Crippen LogP contribution in [0.5, 0.6) is 0 Å². The van der Waals surface area contributed by atoms with Crippen molar-refractivity contribution in [2.45, 2.75) is 43.5 Å². The van der Waals surface area contributed by atoms with Gasteiger partial charge in [-0.3, -0.25) is 0 Å². The molecule has 5 heteroatoms. The van der Waals surface area contributed by atoms with E-state index in [1.165, 1.54) is 11.5 Å². The van der Waals surface area contributed by atoms with Crippen LogP contribution < -0.4 is 0 Å². The number of aliphatic hydroxyl groups is 1. The van der Waals surface area contributed by atoms with Gasteiger partial charge in [-0.1, -0.05) is 0 Å². The molecule has 0 bridgehead atoms. The standard InChI is InChI=1S/C14H24O3S2/c15-13(12-10-19-8-5-16-12)11-1-4-17-14(9-11)2-6-18-7-3-14/h11-13,15H,1-10H2. The van der Waals surface area contributed by atoms with Crippen molar-refractivity contribution >= 4 is 23.5 Å². The lowest BCUT2D eigenvalue weighted by atomic mass is 9.78. The Balaban J connectivity index is 1.60. The van der Waals surface area contributed by atoms with Crippen molar-refractivity contribution in [3.05, 3.63) is 0 Å². The van der Waals surface area contributed by atoms with E-state index >= 15 is 0 Å². The smallest absolute Gasteiger partial charge is 0.0927 e. The Labute approximate surface area is 124 Å². The lowest BCUT2D eigenvalue weighted by molar-refractivity contribution is -0.139. The molecule has 3 unspecified atom stereocenters. The van der Waals surface area contributed by atoms with E-state index in [9.17, 15) is 5.11 Å². The second kappa shape index (κ2) is 6.56. The van der Waals surface area contributed by atoms with Gasteiger partial charge in [-0.05, 0) is 43.1 Å². The second-order valence-electron chi connectivity index (χ2n) is 5.87. The Morgan fingerprint density at radius 3 is 2.68 bits per heavy atom. The maximum absolute atomic E-state index is 10.6. The third kappa shape index (κ3) is 3.43. The summed E-state index contributed by atoms with van der Waals surface area (Å²) in [5.41, 5.74) is 0.0664. The molecule has 3 heterocycles. The molecule has 3 saturated heterocycles. The van der Waals surface area contributed by atoms with Crippen molar-refractivity contribution < 1.29 is 14.6 Å². The molecule has 0 aromatic rings. The van der Waals surface area contributed by atoms with Crippen molar-refractivity contribution in [3.63, 3.8) is 0 Å². The van der Waals surface area contributed by atoms with E-state index in [1.54, 1.807) is 0 Å². The van der Waals surface area contributed by atoms with E-state index in [2.05, 4.69) is 0 Å². The number of thioether (sulfide) groups is 2. The largest absolute Gasteiger partial charge is 0.390 e. The van der Waals surface area contributed by atoms with Crippen LogP contribution in [0, 0.1) is 5.92 Å². The van der Waals surface area contributed by atoms with Gasteiger partial charge in [0.1, 0.15) is 0 Å². The number of rotatable bonds is 2. The second-order valence-corrected chi connectivity index (χ2v) is 8.25. The van der Waals surface area contributed by atoms with E-state index in [1.807, 2.05) is 23.5 Å². The maximum Gasteiger partial charge on any atom is 0.0927 e. The summed E-state index contributed by atoms with van der Waals surface area (Å²) < 4.78 is 11.9. The van der Waals surface area contributed by atoms with Crippen LogP contribution >= 0.6 is 23.5 Å². The maximum atomic E-state index is 10.6. The van der Waals surface area contributed by atoms with E-state index in [0.717, 1.165) is 50.4 Å². The minimum absolute atomic E-state index is 0.0388. The van der Waals surface area contributed by atoms with Gasteiger partial charge in [-0.2, -0.15) is 23.5 Å². The van der Waals surface area contributed by atoms with Gasteiger partial charge in [-0.15, -0.1) is 0 Å². The lowest BCUT2D eigenvalue weighted by Crippen LogP contribution is -2.49. The third-order valence-corrected chi connectivity index (χ3v) is 6.65. The summed E-state index contributed by atoms with van der Waals surface area (Å²) >= 11 is 3.93. The predicted molar refractivity (Wildman–Crippen MR) is 81.0 cm³/mol. The zero-order valence-corrected chi connectivity index (χ0v) is 13.0. The molecule has 110 valence electrons. The normalized spacial score (nSPS) is 37.1. The highest BCUT2D eigenvalue weighted by Crippen LogP contribution is 2.41. The molecular formula is C14H24O3S2. The molecule has 0 aromatic carbocycles. The van der Waals surface area contributed by atoms with Crippen molar-refractivity contribution in [2.75, 3.05) is 36.2 Å². The Morgan fingerprint density at radius 1 is 1.11 bits per heavy atom. The van der Waals surface area contributed by atoms with Crippen molar-refractivity contribution in [3.8, 4) is 0 Å². The lowest BCUT2D eigenvalue weighted by Gasteiger charge is -2.45. The molecule has 1 N–H and O–H groups in total. The fourth-order valence-corrected chi connectivity index (χ4v) is 5.60. The molecule has 0 amide bonds. The van der Waals surface area contributed by atoms with Gasteiger partial charge >= 0.3 is 0 Å². The van der Waals surface area contributed by atoms with Crippen LogP contribution in [-0.4, -0.2) is 59.1 Å². The predicted octanol–water partition coefficient (Wildman–Crippen LogP) is 2.17. The van der Waals surface area contributed by atoms with Crippen LogP contribution in [0.4, 0.5) is 0 Å². The Morgan fingerprint density at radius 2 is 1.95 bits per heavy atom. The Kier molecular flexibility index (Phi) is 5.01. The van der Waals surface area contributed by atoms with Crippen LogP contribution in [0.1, 0.15) is 25.7 Å². The van der Waals surface area contributed by atoms with Gasteiger partial charge in [0.25, 0.3) is 0 Å². The van der Waals surface area contributed by atoms with Gasteiger partial charge in [0.05, 0.1) is 24.4 Å². The fraction of sp³-hybridized carbons (Fsp3) is 1.00. The zero-order chi connectivity index (χ0) is 13.1. The highest BCUT2D eigenvalue weighted by atomic mass is 32.2. The first-order valence-corrected chi connectivity index (χ1v) is 9.69. The molecular weight excluding hydrogens is 280 g/mol. The summed E-state index contributed by atoms with van der Waals surface area (Å²) in [7, 11) is 0. The van der Waals surface area contributed by atoms with Crippen LogP contribution in [0.15, 0.2) is 0 Å². The van der Waals surface area contributed by atoms with Gasteiger partial charge in [0, 0.05) is 18.1 Å². The van der Waals surface area contributed by atoms with Crippen molar-refractivity contribution in [1.29, 1.82) is 0 Å². The number of aliphatic hydroxyl groups excluding tert-OH is 1. The monoisotopic (exact) mass is 304 g/mol. The zero-order valence-electron chi connectivity index (χ0n) is 11.4. The van der Waals surface area contributed by atoms with E-state index < -0.39 is 0 Å². The number of hydrogen-bond donors (Lipinski definition) is 1. The Bertz CT molecular complexity index is 283. The van der Waals surface area contributed by atoms with Crippen LogP contribution in [-0.2, 0) is 9.47 Å². The van der Waals surface area contributed by atoms with E-state index in [-0.39, 0.29) is 17.8 Å². The Hall–Kier alpha value is 0.580. The molecule has 1 spiro atoms.